The largest absolute Gasteiger partial charge is 0.477 e. The summed E-state index contributed by atoms with van der Waals surface area (Å²) in [6, 6.07) is 9.83. The highest BCUT2D eigenvalue weighted by Crippen LogP contribution is 2.31. The van der Waals surface area contributed by atoms with E-state index in [9.17, 15) is 14.7 Å². The van der Waals surface area contributed by atoms with Crippen molar-refractivity contribution >= 4 is 17.1 Å². The molecule has 2 rings (SSSR count). The molecule has 0 bridgehead atoms. The Kier molecular flexibility index (Phi) is 14.6. The minimum absolute atomic E-state index is 0.192. The first-order valence-corrected chi connectivity index (χ1v) is 12.8. The molecule has 0 aliphatic heterocycles. The third-order valence-corrected chi connectivity index (χ3v) is 5.00. The number of pyridine rings is 1. The van der Waals surface area contributed by atoms with Gasteiger partial charge in [-0.25, -0.2) is 4.79 Å². The molecular formula is C31H47NO3. The summed E-state index contributed by atoms with van der Waals surface area (Å²) in [6.45, 7) is 23.7. The van der Waals surface area contributed by atoms with Gasteiger partial charge in [-0.3, -0.25) is 4.79 Å². The van der Waals surface area contributed by atoms with Crippen LogP contribution in [0.15, 0.2) is 53.0 Å². The van der Waals surface area contributed by atoms with Crippen molar-refractivity contribution in [3.63, 3.8) is 0 Å². The first kappa shape index (κ1) is 32.1. The number of aromatic carboxylic acids is 1. The summed E-state index contributed by atoms with van der Waals surface area (Å²) in [5.41, 5.74) is 5.81. The number of aryl methyl sites for hydroxylation is 1. The van der Waals surface area contributed by atoms with Crippen molar-refractivity contribution in [1.82, 2.24) is 4.57 Å². The highest BCUT2D eigenvalue weighted by Gasteiger charge is 2.15. The van der Waals surface area contributed by atoms with Crippen molar-refractivity contribution < 1.29 is 9.90 Å². The maximum absolute atomic E-state index is 12.3. The van der Waals surface area contributed by atoms with E-state index in [2.05, 4.69) is 72.7 Å². The van der Waals surface area contributed by atoms with Crippen molar-refractivity contribution in [2.24, 2.45) is 5.92 Å². The lowest BCUT2D eigenvalue weighted by molar-refractivity contribution is 0.0694. The Morgan fingerprint density at radius 1 is 1.00 bits per heavy atom. The van der Waals surface area contributed by atoms with Crippen LogP contribution in [0.1, 0.15) is 116 Å². The Hall–Kier alpha value is -2.88. The van der Waals surface area contributed by atoms with Crippen LogP contribution >= 0.6 is 0 Å². The molecule has 0 amide bonds. The molecule has 0 saturated heterocycles. The van der Waals surface area contributed by atoms with Crippen molar-refractivity contribution in [3.05, 3.63) is 80.8 Å². The van der Waals surface area contributed by atoms with E-state index in [1.54, 1.807) is 0 Å². The van der Waals surface area contributed by atoms with Crippen molar-refractivity contribution in [2.45, 2.75) is 95.0 Å². The summed E-state index contributed by atoms with van der Waals surface area (Å²) in [4.78, 5) is 23.7. The molecule has 0 atom stereocenters. The lowest BCUT2D eigenvalue weighted by Crippen LogP contribution is -2.19. The molecule has 0 spiro atoms. The zero-order chi connectivity index (χ0) is 27.3. The van der Waals surface area contributed by atoms with Crippen LogP contribution in [0.25, 0.3) is 11.1 Å². The Bertz CT molecular complexity index is 1060. The Morgan fingerprint density at radius 3 is 2.00 bits per heavy atom. The third kappa shape index (κ3) is 10.1. The van der Waals surface area contributed by atoms with Crippen LogP contribution in [0.5, 0.6) is 0 Å². The number of rotatable bonds is 7. The van der Waals surface area contributed by atoms with E-state index < -0.39 is 11.4 Å². The predicted molar refractivity (Wildman–Crippen MR) is 152 cm³/mol. The van der Waals surface area contributed by atoms with E-state index >= 15 is 0 Å². The molecule has 4 heteroatoms. The molecule has 0 fully saturated rings. The van der Waals surface area contributed by atoms with Crippen LogP contribution in [0.2, 0.25) is 0 Å². The number of aromatic nitrogens is 1. The minimum Gasteiger partial charge on any atom is -0.477 e. The Labute approximate surface area is 213 Å². The van der Waals surface area contributed by atoms with E-state index in [1.165, 1.54) is 29.0 Å². The summed E-state index contributed by atoms with van der Waals surface area (Å²) in [7, 11) is 0. The molecule has 0 saturated carbocycles. The fourth-order valence-electron chi connectivity index (χ4n) is 3.53. The molecule has 0 radical (unpaired) electrons. The Balaban J connectivity index is 0.00000174. The number of hydrogen-bond donors (Lipinski definition) is 1. The Morgan fingerprint density at radius 2 is 1.54 bits per heavy atom. The first-order valence-electron chi connectivity index (χ1n) is 12.8. The topological polar surface area (TPSA) is 59.3 Å². The van der Waals surface area contributed by atoms with E-state index in [0.717, 1.165) is 29.2 Å². The molecular weight excluding hydrogens is 434 g/mol. The van der Waals surface area contributed by atoms with Crippen LogP contribution < -0.4 is 5.43 Å². The quantitative estimate of drug-likeness (QED) is 0.402. The van der Waals surface area contributed by atoms with E-state index in [1.807, 2.05) is 38.3 Å². The van der Waals surface area contributed by atoms with Crippen LogP contribution in [-0.2, 0) is 6.54 Å². The molecule has 1 aromatic carbocycles. The standard InChI is InChI=1S/C25H31NO3.C4H10.C2H6/c1-7-12-26-15-22(25(28)29)24(27)14-23(26)18(6)13-21(17(4)5)20-11-9-8-10-19(20)16(2)3;1-4(2)3;1-2/h8-11,13-16H,7,12H2,1-6H3,(H,28,29);4H,1-3H3;1-2H3/b18-13+;;. The van der Waals surface area contributed by atoms with Crippen LogP contribution in [0, 0.1) is 5.92 Å². The molecule has 1 heterocycles. The zero-order valence-corrected chi connectivity index (χ0v) is 23.8. The number of nitrogens with zero attached hydrogens (tertiary/aromatic N) is 1. The second-order valence-corrected chi connectivity index (χ2v) is 9.65. The zero-order valence-electron chi connectivity index (χ0n) is 23.8. The smallest absolute Gasteiger partial charge is 0.341 e. The van der Waals surface area contributed by atoms with Gasteiger partial charge >= 0.3 is 5.97 Å². The van der Waals surface area contributed by atoms with Gasteiger partial charge in [0.1, 0.15) is 5.56 Å². The molecule has 4 nitrogen and oxygen atoms in total. The van der Waals surface area contributed by atoms with Gasteiger partial charge in [-0.05, 0) is 67.4 Å². The van der Waals surface area contributed by atoms with Gasteiger partial charge in [-0.2, -0.15) is 0 Å². The van der Waals surface area contributed by atoms with E-state index in [-0.39, 0.29) is 5.56 Å². The van der Waals surface area contributed by atoms with Gasteiger partial charge in [0.25, 0.3) is 0 Å². The fourth-order valence-corrected chi connectivity index (χ4v) is 3.53. The van der Waals surface area contributed by atoms with Crippen molar-refractivity contribution in [2.75, 3.05) is 0 Å². The molecule has 0 aliphatic rings. The van der Waals surface area contributed by atoms with Crippen LogP contribution in [0.4, 0.5) is 0 Å². The summed E-state index contributed by atoms with van der Waals surface area (Å²) in [6.07, 6.45) is 4.41. The molecule has 0 aliphatic carbocycles. The summed E-state index contributed by atoms with van der Waals surface area (Å²) in [5, 5.41) is 9.30. The highest BCUT2D eigenvalue weighted by atomic mass is 16.4. The second kappa shape index (κ2) is 15.9. The molecule has 0 unspecified atom stereocenters. The summed E-state index contributed by atoms with van der Waals surface area (Å²) >= 11 is 0. The molecule has 194 valence electrons. The van der Waals surface area contributed by atoms with Gasteiger partial charge in [0.05, 0.1) is 0 Å². The SMILES string of the molecule is CC.CC(C)C.CCCn1cc(C(=O)O)c(=O)cc1/C(C)=C/C(=C(C)C)c1ccccc1C(C)C. The number of allylic oxidation sites excluding steroid dienone is 4. The van der Waals surface area contributed by atoms with Crippen LogP contribution in [-0.4, -0.2) is 15.6 Å². The minimum atomic E-state index is -1.19. The molecule has 1 N–H and O–H groups in total. The van der Waals surface area contributed by atoms with E-state index in [4.69, 9.17) is 0 Å². The first-order chi connectivity index (χ1) is 16.4. The second-order valence-electron chi connectivity index (χ2n) is 9.65. The normalized spacial score (nSPS) is 10.8. The van der Waals surface area contributed by atoms with Crippen LogP contribution in [0.3, 0.4) is 0 Å². The van der Waals surface area contributed by atoms with Crippen molar-refractivity contribution in [3.8, 4) is 0 Å². The molecule has 35 heavy (non-hydrogen) atoms. The monoisotopic (exact) mass is 481 g/mol. The average Bonchev–Trinajstić information content (AvgIpc) is 2.78. The highest BCUT2D eigenvalue weighted by molar-refractivity contribution is 5.88. The summed E-state index contributed by atoms with van der Waals surface area (Å²) < 4.78 is 1.87. The van der Waals surface area contributed by atoms with Crippen molar-refractivity contribution in [1.29, 1.82) is 0 Å². The lowest BCUT2D eigenvalue weighted by atomic mass is 9.89. The average molecular weight is 482 g/mol. The number of carboxylic acid groups (broad SMARTS) is 1. The van der Waals surface area contributed by atoms with E-state index in [0.29, 0.717) is 12.5 Å². The maximum atomic E-state index is 12.3. The lowest BCUT2D eigenvalue weighted by Gasteiger charge is -2.18. The maximum Gasteiger partial charge on any atom is 0.341 e. The predicted octanol–water partition coefficient (Wildman–Crippen LogP) is 8.67. The van der Waals surface area contributed by atoms with Gasteiger partial charge < -0.3 is 9.67 Å². The van der Waals surface area contributed by atoms with Gasteiger partial charge in [0, 0.05) is 24.5 Å². The van der Waals surface area contributed by atoms with Gasteiger partial charge in [0.2, 0.25) is 0 Å². The third-order valence-electron chi connectivity index (χ3n) is 5.00. The number of carbonyl (C=O) groups is 1. The summed E-state index contributed by atoms with van der Waals surface area (Å²) in [5.74, 6) is 0.0336. The number of benzene rings is 1. The number of carboxylic acids is 1. The fraction of sp³-hybridized carbons (Fsp3) is 0.484. The van der Waals surface area contributed by atoms with Gasteiger partial charge in [-0.1, -0.05) is 85.2 Å². The molecule has 1 aromatic heterocycles. The number of hydrogen-bond acceptors (Lipinski definition) is 2. The van der Waals surface area contributed by atoms with Gasteiger partial charge in [0.15, 0.2) is 5.43 Å². The molecule has 2 aromatic rings. The van der Waals surface area contributed by atoms with Gasteiger partial charge in [-0.15, -0.1) is 0 Å².